The van der Waals surface area contributed by atoms with Crippen LogP contribution in [-0.2, 0) is 4.74 Å². The van der Waals surface area contributed by atoms with E-state index in [4.69, 9.17) is 10.5 Å². The van der Waals surface area contributed by atoms with Gasteiger partial charge in [0.25, 0.3) is 0 Å². The molecule has 0 fully saturated rings. The van der Waals surface area contributed by atoms with Gasteiger partial charge in [0.1, 0.15) is 0 Å². The van der Waals surface area contributed by atoms with Crippen LogP contribution in [0.3, 0.4) is 0 Å². The highest BCUT2D eigenvalue weighted by atomic mass is 16.5. The Kier molecular flexibility index (Phi) is 2.75. The molecule has 0 amide bonds. The second-order valence-corrected chi connectivity index (χ2v) is 2.93. The summed E-state index contributed by atoms with van der Waals surface area (Å²) < 4.78 is 5.17. The molecule has 2 nitrogen and oxygen atoms in total. The minimum atomic E-state index is 0.271. The summed E-state index contributed by atoms with van der Waals surface area (Å²) in [5, 5.41) is 0. The number of nitrogens with two attached hydrogens (primary N) is 1. The topological polar surface area (TPSA) is 35.2 Å². The van der Waals surface area contributed by atoms with Crippen LogP contribution in [0, 0.1) is 0 Å². The van der Waals surface area contributed by atoms with Gasteiger partial charge in [0.05, 0.1) is 12.9 Å². The third-order valence-corrected chi connectivity index (χ3v) is 1.59. The van der Waals surface area contributed by atoms with Crippen molar-refractivity contribution in [3.63, 3.8) is 0 Å². The maximum Gasteiger partial charge on any atom is 0.0876 e. The van der Waals surface area contributed by atoms with Crippen molar-refractivity contribution in [3.8, 4) is 0 Å². The second-order valence-electron chi connectivity index (χ2n) is 2.93. The van der Waals surface area contributed by atoms with Crippen LogP contribution in [0.4, 0.5) is 0 Å². The molecule has 0 saturated carbocycles. The third-order valence-electron chi connectivity index (χ3n) is 1.59. The molecular formula is C8H15NO. The number of hydrogen-bond acceptors (Lipinski definition) is 2. The zero-order valence-corrected chi connectivity index (χ0v) is 6.47. The summed E-state index contributed by atoms with van der Waals surface area (Å²) in [6.45, 7) is 2.90. The first-order valence-electron chi connectivity index (χ1n) is 3.84. The largest absolute Gasteiger partial charge is 0.501 e. The third kappa shape index (κ3) is 2.40. The van der Waals surface area contributed by atoms with E-state index in [0.29, 0.717) is 0 Å². The Labute approximate surface area is 62.1 Å². The Balaban J connectivity index is 2.31. The van der Waals surface area contributed by atoms with Crippen LogP contribution in [0.5, 0.6) is 0 Å². The van der Waals surface area contributed by atoms with Crippen molar-refractivity contribution in [3.05, 3.63) is 11.8 Å². The molecule has 1 heterocycles. The molecule has 0 bridgehead atoms. The van der Waals surface area contributed by atoms with Crippen LogP contribution in [0.15, 0.2) is 11.8 Å². The van der Waals surface area contributed by atoms with E-state index >= 15 is 0 Å². The lowest BCUT2D eigenvalue weighted by Crippen LogP contribution is -2.16. The van der Waals surface area contributed by atoms with E-state index in [1.165, 1.54) is 12.0 Å². The fraction of sp³-hybridized carbons (Fsp3) is 0.750. The summed E-state index contributed by atoms with van der Waals surface area (Å²) in [5.74, 6) is 0. The van der Waals surface area contributed by atoms with Crippen LogP contribution in [0.1, 0.15) is 26.2 Å². The molecule has 1 aliphatic heterocycles. The van der Waals surface area contributed by atoms with Gasteiger partial charge in [0.15, 0.2) is 0 Å². The molecule has 1 rings (SSSR count). The smallest absolute Gasteiger partial charge is 0.0876 e. The number of ether oxygens (including phenoxy) is 1. The van der Waals surface area contributed by atoms with Crippen molar-refractivity contribution < 1.29 is 4.74 Å². The van der Waals surface area contributed by atoms with Gasteiger partial charge in [-0.25, -0.2) is 0 Å². The molecule has 10 heavy (non-hydrogen) atoms. The fourth-order valence-electron chi connectivity index (χ4n) is 1.18. The predicted octanol–water partition coefficient (Wildman–Crippen LogP) is 1.42. The zero-order chi connectivity index (χ0) is 7.40. The van der Waals surface area contributed by atoms with E-state index in [-0.39, 0.29) is 6.04 Å². The highest BCUT2D eigenvalue weighted by Crippen LogP contribution is 2.15. The van der Waals surface area contributed by atoms with Crippen molar-refractivity contribution in [1.29, 1.82) is 0 Å². The first-order valence-corrected chi connectivity index (χ1v) is 3.84. The molecule has 0 radical (unpaired) electrons. The van der Waals surface area contributed by atoms with Crippen molar-refractivity contribution in [2.24, 2.45) is 5.73 Å². The minimum Gasteiger partial charge on any atom is -0.501 e. The average Bonchev–Trinajstić information content (AvgIpc) is 1.88. The zero-order valence-electron chi connectivity index (χ0n) is 6.47. The summed E-state index contributed by atoms with van der Waals surface area (Å²) in [7, 11) is 0. The number of rotatable bonds is 2. The van der Waals surface area contributed by atoms with Crippen molar-refractivity contribution in [1.82, 2.24) is 0 Å². The molecule has 0 unspecified atom stereocenters. The van der Waals surface area contributed by atoms with Gasteiger partial charge in [0.2, 0.25) is 0 Å². The molecule has 0 aromatic rings. The Morgan fingerprint density at radius 3 is 3.10 bits per heavy atom. The fourth-order valence-corrected chi connectivity index (χ4v) is 1.18. The minimum absolute atomic E-state index is 0.271. The normalized spacial score (nSPS) is 21.2. The molecule has 58 valence electrons. The lowest BCUT2D eigenvalue weighted by Gasteiger charge is -2.14. The highest BCUT2D eigenvalue weighted by molar-refractivity contribution is 5.01. The van der Waals surface area contributed by atoms with Gasteiger partial charge < -0.3 is 10.5 Å². The lowest BCUT2D eigenvalue weighted by molar-refractivity contribution is 0.222. The van der Waals surface area contributed by atoms with Crippen molar-refractivity contribution >= 4 is 0 Å². The van der Waals surface area contributed by atoms with Crippen molar-refractivity contribution in [2.75, 3.05) is 6.61 Å². The molecule has 1 atom stereocenters. The second kappa shape index (κ2) is 3.62. The number of hydrogen-bond donors (Lipinski definition) is 1. The van der Waals surface area contributed by atoms with Gasteiger partial charge >= 0.3 is 0 Å². The molecule has 1 aliphatic rings. The monoisotopic (exact) mass is 141 g/mol. The molecule has 2 N–H and O–H groups in total. The van der Waals surface area contributed by atoms with E-state index in [0.717, 1.165) is 19.4 Å². The van der Waals surface area contributed by atoms with Gasteiger partial charge in [-0.05, 0) is 31.8 Å². The summed E-state index contributed by atoms with van der Waals surface area (Å²) in [6, 6.07) is 0.271. The quantitative estimate of drug-likeness (QED) is 0.631. The Bertz CT molecular complexity index is 129. The van der Waals surface area contributed by atoms with Gasteiger partial charge in [-0.15, -0.1) is 0 Å². The van der Waals surface area contributed by atoms with Gasteiger partial charge in [-0.2, -0.15) is 0 Å². The van der Waals surface area contributed by atoms with Crippen molar-refractivity contribution in [2.45, 2.75) is 32.2 Å². The standard InChI is InChI=1S/C8H15NO/c1-7(9)5-8-3-2-4-10-6-8/h6-7H,2-5,9H2,1H3/t7-/m0/s1. The Morgan fingerprint density at radius 1 is 1.80 bits per heavy atom. The summed E-state index contributed by atoms with van der Waals surface area (Å²) >= 11 is 0. The van der Waals surface area contributed by atoms with Crippen LogP contribution >= 0.6 is 0 Å². The lowest BCUT2D eigenvalue weighted by atomic mass is 10.0. The average molecular weight is 141 g/mol. The molecule has 0 saturated heterocycles. The first kappa shape index (κ1) is 7.61. The van der Waals surface area contributed by atoms with E-state index in [1.54, 1.807) is 0 Å². The van der Waals surface area contributed by atoms with E-state index in [2.05, 4.69) is 0 Å². The molecule has 0 spiro atoms. The van der Waals surface area contributed by atoms with Crippen LogP contribution in [0.25, 0.3) is 0 Å². The van der Waals surface area contributed by atoms with E-state index in [1.807, 2.05) is 13.2 Å². The first-order chi connectivity index (χ1) is 4.79. The van der Waals surface area contributed by atoms with E-state index in [9.17, 15) is 0 Å². The van der Waals surface area contributed by atoms with Gasteiger partial charge in [-0.1, -0.05) is 0 Å². The summed E-state index contributed by atoms with van der Waals surface area (Å²) in [6.07, 6.45) is 5.17. The molecule has 0 aromatic carbocycles. The maximum atomic E-state index is 5.63. The maximum absolute atomic E-state index is 5.63. The predicted molar refractivity (Wildman–Crippen MR) is 41.5 cm³/mol. The highest BCUT2D eigenvalue weighted by Gasteiger charge is 2.05. The SMILES string of the molecule is C[C@H](N)CC1=COCCC1. The van der Waals surface area contributed by atoms with Crippen LogP contribution in [0.2, 0.25) is 0 Å². The van der Waals surface area contributed by atoms with Gasteiger partial charge in [0, 0.05) is 6.04 Å². The summed E-state index contributed by atoms with van der Waals surface area (Å²) in [4.78, 5) is 0. The van der Waals surface area contributed by atoms with Crippen LogP contribution in [-0.4, -0.2) is 12.6 Å². The molecular weight excluding hydrogens is 126 g/mol. The van der Waals surface area contributed by atoms with Gasteiger partial charge in [-0.3, -0.25) is 0 Å². The Morgan fingerprint density at radius 2 is 2.60 bits per heavy atom. The molecule has 0 aliphatic carbocycles. The van der Waals surface area contributed by atoms with Crippen LogP contribution < -0.4 is 5.73 Å². The van der Waals surface area contributed by atoms with E-state index < -0.39 is 0 Å². The molecule has 0 aromatic heterocycles. The summed E-state index contributed by atoms with van der Waals surface area (Å²) in [5.41, 5.74) is 6.99. The molecule has 2 heteroatoms. The Hall–Kier alpha value is -0.500.